The molecule has 3 aromatic rings. The number of hydrogen-bond donors (Lipinski definition) is 2. The molecule has 0 bridgehead atoms. The number of halogens is 1. The van der Waals surface area contributed by atoms with Crippen molar-refractivity contribution in [2.24, 2.45) is 0 Å². The number of aryl methyl sites for hydroxylation is 1. The summed E-state index contributed by atoms with van der Waals surface area (Å²) < 4.78 is 2.07. The van der Waals surface area contributed by atoms with Crippen molar-refractivity contribution in [1.29, 1.82) is 0 Å². The molecule has 2 fully saturated rings. The van der Waals surface area contributed by atoms with Crippen molar-refractivity contribution in [1.82, 2.24) is 19.6 Å². The number of piperazine rings is 1. The van der Waals surface area contributed by atoms with E-state index in [1.54, 1.807) is 0 Å². The van der Waals surface area contributed by atoms with Gasteiger partial charge in [-0.3, -0.25) is 4.79 Å². The van der Waals surface area contributed by atoms with Gasteiger partial charge < -0.3 is 24.6 Å². The molecular formula is C23H26ClN5O2. The lowest BCUT2D eigenvalue weighted by molar-refractivity contribution is -0.133. The van der Waals surface area contributed by atoms with E-state index in [0.29, 0.717) is 31.1 Å². The van der Waals surface area contributed by atoms with Gasteiger partial charge in [-0.1, -0.05) is 17.7 Å². The third kappa shape index (κ3) is 3.78. The number of aromatic nitrogens is 2. The number of nitrogens with one attached hydrogen (secondary N) is 1. The SMILES string of the molecule is Cc1c(-c2cc(N3CCN(C(=O)C4CC(O)CN4)CC3)ccc2Cl)nc2ccccn12. The zero-order valence-electron chi connectivity index (χ0n) is 17.5. The third-order valence-corrected chi connectivity index (χ3v) is 6.67. The minimum Gasteiger partial charge on any atom is -0.392 e. The van der Waals surface area contributed by atoms with E-state index < -0.39 is 6.10 Å². The molecule has 0 radical (unpaired) electrons. The van der Waals surface area contributed by atoms with Crippen LogP contribution >= 0.6 is 11.6 Å². The first-order chi connectivity index (χ1) is 15.0. The lowest BCUT2D eigenvalue weighted by atomic mass is 10.1. The Bertz CT molecular complexity index is 1120. The quantitative estimate of drug-likeness (QED) is 0.655. The van der Waals surface area contributed by atoms with Crippen molar-refractivity contribution in [3.05, 3.63) is 53.3 Å². The van der Waals surface area contributed by atoms with Crippen LogP contribution in [0.2, 0.25) is 5.02 Å². The fourth-order valence-electron chi connectivity index (χ4n) is 4.58. The zero-order valence-corrected chi connectivity index (χ0v) is 18.2. The maximum absolute atomic E-state index is 12.7. The number of aliphatic hydroxyl groups is 1. The van der Waals surface area contributed by atoms with Gasteiger partial charge in [0.05, 0.1) is 22.9 Å². The number of pyridine rings is 1. The number of hydrogen-bond acceptors (Lipinski definition) is 5. The molecule has 2 N–H and O–H groups in total. The Morgan fingerprint density at radius 3 is 2.71 bits per heavy atom. The average molecular weight is 440 g/mol. The van der Waals surface area contributed by atoms with Gasteiger partial charge in [0.2, 0.25) is 5.91 Å². The molecule has 2 aliphatic rings. The second-order valence-corrected chi connectivity index (χ2v) is 8.71. The second kappa shape index (κ2) is 8.15. The summed E-state index contributed by atoms with van der Waals surface area (Å²) in [5.41, 5.74) is 4.84. The molecule has 2 unspecified atom stereocenters. The zero-order chi connectivity index (χ0) is 21.5. The Hall–Kier alpha value is -2.61. The number of carbonyl (C=O) groups excluding carboxylic acids is 1. The molecule has 2 aliphatic heterocycles. The third-order valence-electron chi connectivity index (χ3n) is 6.34. The van der Waals surface area contributed by atoms with Crippen LogP contribution in [0.4, 0.5) is 5.69 Å². The van der Waals surface area contributed by atoms with E-state index in [1.807, 2.05) is 41.4 Å². The number of rotatable bonds is 3. The van der Waals surface area contributed by atoms with Crippen LogP contribution in [-0.2, 0) is 4.79 Å². The van der Waals surface area contributed by atoms with Crippen LogP contribution in [0.15, 0.2) is 42.6 Å². The highest BCUT2D eigenvalue weighted by Gasteiger charge is 2.32. The maximum atomic E-state index is 12.7. The van der Waals surface area contributed by atoms with E-state index in [1.165, 1.54) is 0 Å². The Kier molecular flexibility index (Phi) is 5.33. The van der Waals surface area contributed by atoms with E-state index in [9.17, 15) is 9.90 Å². The number of β-amino-alcohol motifs (C(OH)–C–C–N with tert-alkyl or cyclic N) is 1. The largest absolute Gasteiger partial charge is 0.392 e. The number of aliphatic hydroxyl groups excluding tert-OH is 1. The molecule has 8 heteroatoms. The molecule has 2 aromatic heterocycles. The van der Waals surface area contributed by atoms with Crippen LogP contribution in [0.25, 0.3) is 16.9 Å². The first-order valence-corrected chi connectivity index (χ1v) is 11.1. The highest BCUT2D eigenvalue weighted by atomic mass is 35.5. The van der Waals surface area contributed by atoms with Crippen molar-refractivity contribution >= 4 is 28.8 Å². The fourth-order valence-corrected chi connectivity index (χ4v) is 4.78. The summed E-state index contributed by atoms with van der Waals surface area (Å²) in [6.07, 6.45) is 2.08. The van der Waals surface area contributed by atoms with E-state index in [0.717, 1.165) is 41.4 Å². The first-order valence-electron chi connectivity index (χ1n) is 10.7. The fraction of sp³-hybridized carbons (Fsp3) is 0.391. The number of nitrogens with zero attached hydrogens (tertiary/aromatic N) is 4. The summed E-state index contributed by atoms with van der Waals surface area (Å²) in [6.45, 7) is 5.39. The molecule has 0 aliphatic carbocycles. The van der Waals surface area contributed by atoms with E-state index in [4.69, 9.17) is 16.6 Å². The topological polar surface area (TPSA) is 73.1 Å². The summed E-state index contributed by atoms with van der Waals surface area (Å²) in [5, 5.41) is 13.5. The van der Waals surface area contributed by atoms with Crippen LogP contribution in [-0.4, -0.2) is 70.2 Å². The van der Waals surface area contributed by atoms with Crippen LogP contribution < -0.4 is 10.2 Å². The minimum absolute atomic E-state index is 0.0910. The van der Waals surface area contributed by atoms with Gasteiger partial charge in [0.1, 0.15) is 5.65 Å². The monoisotopic (exact) mass is 439 g/mol. The van der Waals surface area contributed by atoms with Gasteiger partial charge in [-0.2, -0.15) is 0 Å². The summed E-state index contributed by atoms with van der Waals surface area (Å²) in [7, 11) is 0. The summed E-state index contributed by atoms with van der Waals surface area (Å²) in [5.74, 6) is 0.0910. The Balaban J connectivity index is 1.34. The highest BCUT2D eigenvalue weighted by molar-refractivity contribution is 6.33. The van der Waals surface area contributed by atoms with E-state index in [2.05, 4.69) is 27.6 Å². The van der Waals surface area contributed by atoms with Gasteiger partial charge in [0, 0.05) is 55.9 Å². The molecule has 0 saturated carbocycles. The average Bonchev–Trinajstić information content (AvgIpc) is 3.37. The first kappa shape index (κ1) is 20.3. The molecule has 2 atom stereocenters. The Labute approximate surface area is 186 Å². The number of amides is 1. The molecule has 31 heavy (non-hydrogen) atoms. The molecule has 5 rings (SSSR count). The van der Waals surface area contributed by atoms with Crippen LogP contribution in [0.1, 0.15) is 12.1 Å². The van der Waals surface area contributed by atoms with Crippen LogP contribution in [0.3, 0.4) is 0 Å². The van der Waals surface area contributed by atoms with Crippen molar-refractivity contribution < 1.29 is 9.90 Å². The summed E-state index contributed by atoms with van der Waals surface area (Å²) >= 11 is 6.57. The van der Waals surface area contributed by atoms with Gasteiger partial charge in [-0.15, -0.1) is 0 Å². The van der Waals surface area contributed by atoms with E-state index in [-0.39, 0.29) is 11.9 Å². The number of anilines is 1. The van der Waals surface area contributed by atoms with Crippen molar-refractivity contribution in [3.8, 4) is 11.3 Å². The van der Waals surface area contributed by atoms with Crippen molar-refractivity contribution in [2.75, 3.05) is 37.6 Å². The molecular weight excluding hydrogens is 414 g/mol. The predicted octanol–water partition coefficient (Wildman–Crippen LogP) is 2.33. The lowest BCUT2D eigenvalue weighted by Gasteiger charge is -2.37. The number of imidazole rings is 1. The lowest BCUT2D eigenvalue weighted by Crippen LogP contribution is -2.53. The number of carbonyl (C=O) groups is 1. The molecule has 0 spiro atoms. The standard InChI is InChI=1S/C23H26ClN5O2/c1-15-22(26-21-4-2-3-7-29(15)21)18-12-16(5-6-19(18)24)27-8-10-28(11-9-27)23(31)20-13-17(30)14-25-20/h2-7,12,17,20,25,30H,8-11,13-14H2,1H3. The normalized spacial score (nSPS) is 21.8. The number of benzene rings is 1. The highest BCUT2D eigenvalue weighted by Crippen LogP contribution is 2.34. The smallest absolute Gasteiger partial charge is 0.239 e. The molecule has 4 heterocycles. The molecule has 162 valence electrons. The van der Waals surface area contributed by atoms with Gasteiger partial charge in [-0.05, 0) is 43.7 Å². The van der Waals surface area contributed by atoms with Crippen molar-refractivity contribution in [3.63, 3.8) is 0 Å². The second-order valence-electron chi connectivity index (χ2n) is 8.30. The van der Waals surface area contributed by atoms with Crippen molar-refractivity contribution in [2.45, 2.75) is 25.5 Å². The van der Waals surface area contributed by atoms with E-state index >= 15 is 0 Å². The predicted molar refractivity (Wildman–Crippen MR) is 122 cm³/mol. The molecule has 7 nitrogen and oxygen atoms in total. The van der Waals surface area contributed by atoms with Crippen LogP contribution in [0, 0.1) is 6.92 Å². The molecule has 1 amide bonds. The van der Waals surface area contributed by atoms with Crippen LogP contribution in [0.5, 0.6) is 0 Å². The molecule has 2 saturated heterocycles. The summed E-state index contributed by atoms with van der Waals surface area (Å²) in [4.78, 5) is 21.7. The molecule has 1 aromatic carbocycles. The maximum Gasteiger partial charge on any atom is 0.239 e. The van der Waals surface area contributed by atoms with Gasteiger partial charge in [0.15, 0.2) is 0 Å². The number of fused-ring (bicyclic) bond motifs is 1. The minimum atomic E-state index is -0.425. The summed E-state index contributed by atoms with van der Waals surface area (Å²) in [6, 6.07) is 11.8. The van der Waals surface area contributed by atoms with Gasteiger partial charge >= 0.3 is 0 Å². The van der Waals surface area contributed by atoms with Gasteiger partial charge in [-0.25, -0.2) is 4.98 Å². The Morgan fingerprint density at radius 2 is 2.00 bits per heavy atom. The Morgan fingerprint density at radius 1 is 1.19 bits per heavy atom. The van der Waals surface area contributed by atoms with Gasteiger partial charge in [0.25, 0.3) is 0 Å².